The van der Waals surface area contributed by atoms with Crippen molar-refractivity contribution in [2.75, 3.05) is 11.9 Å². The first-order valence-electron chi connectivity index (χ1n) is 9.71. The normalized spacial score (nSPS) is 24.9. The predicted molar refractivity (Wildman–Crippen MR) is 101 cm³/mol. The number of rotatable bonds is 3. The summed E-state index contributed by atoms with van der Waals surface area (Å²) in [5.74, 6) is 0. The van der Waals surface area contributed by atoms with Crippen LogP contribution in [0.1, 0.15) is 60.0 Å². The fraction of sp³-hybridized carbons (Fsp3) is 0.632. The van der Waals surface area contributed by atoms with Crippen LogP contribution in [0.15, 0.2) is 10.9 Å². The number of thiazole rings is 1. The van der Waals surface area contributed by atoms with Crippen LogP contribution in [-0.2, 0) is 30.6 Å². The van der Waals surface area contributed by atoms with Crippen LogP contribution in [-0.4, -0.2) is 27.4 Å². The van der Waals surface area contributed by atoms with Crippen LogP contribution in [0.25, 0.3) is 0 Å². The number of hydrogen-bond acceptors (Lipinski definition) is 6. The molecule has 3 aliphatic rings. The SMILES string of the molecule is O=c1cc2c(nn1C1CCC(Nc3nc4c(s3)COCC4)CC1)CCC2. The van der Waals surface area contributed by atoms with E-state index in [-0.39, 0.29) is 11.6 Å². The van der Waals surface area contributed by atoms with Crippen LogP contribution in [0.5, 0.6) is 0 Å². The molecule has 0 bridgehead atoms. The Morgan fingerprint density at radius 1 is 1.15 bits per heavy atom. The second-order valence-electron chi connectivity index (χ2n) is 7.59. The summed E-state index contributed by atoms with van der Waals surface area (Å²) in [5.41, 5.74) is 3.58. The van der Waals surface area contributed by atoms with Crippen molar-refractivity contribution in [1.82, 2.24) is 14.8 Å². The molecule has 2 aromatic rings. The van der Waals surface area contributed by atoms with Gasteiger partial charge in [0.2, 0.25) is 0 Å². The third-order valence-corrected chi connectivity index (χ3v) is 6.85. The maximum absolute atomic E-state index is 12.4. The topological polar surface area (TPSA) is 69.0 Å². The smallest absolute Gasteiger partial charge is 0.267 e. The van der Waals surface area contributed by atoms with Crippen LogP contribution in [0, 0.1) is 0 Å². The fourth-order valence-electron chi connectivity index (χ4n) is 4.40. The highest BCUT2D eigenvalue weighted by Crippen LogP contribution is 2.32. The lowest BCUT2D eigenvalue weighted by molar-refractivity contribution is 0.112. The number of aromatic nitrogens is 3. The maximum atomic E-state index is 12.4. The molecule has 0 saturated heterocycles. The Kier molecular flexibility index (Phi) is 4.29. The summed E-state index contributed by atoms with van der Waals surface area (Å²) >= 11 is 1.73. The molecule has 0 aromatic carbocycles. The van der Waals surface area contributed by atoms with Gasteiger partial charge in [0.25, 0.3) is 5.56 Å². The Hall–Kier alpha value is -1.73. The van der Waals surface area contributed by atoms with Crippen molar-refractivity contribution in [2.24, 2.45) is 0 Å². The largest absolute Gasteiger partial charge is 0.375 e. The molecule has 2 aliphatic carbocycles. The summed E-state index contributed by atoms with van der Waals surface area (Å²) in [5, 5.41) is 9.32. The van der Waals surface area contributed by atoms with E-state index in [0.29, 0.717) is 12.6 Å². The molecular formula is C19H24N4O2S. The van der Waals surface area contributed by atoms with E-state index in [0.717, 1.165) is 68.8 Å². The minimum absolute atomic E-state index is 0.0784. The molecule has 7 heteroatoms. The van der Waals surface area contributed by atoms with Crippen molar-refractivity contribution in [1.29, 1.82) is 0 Å². The minimum atomic E-state index is 0.0784. The van der Waals surface area contributed by atoms with Gasteiger partial charge in [-0.3, -0.25) is 4.79 Å². The van der Waals surface area contributed by atoms with Crippen molar-refractivity contribution in [3.8, 4) is 0 Å². The van der Waals surface area contributed by atoms with E-state index in [1.165, 1.54) is 16.1 Å². The molecule has 0 unspecified atom stereocenters. The van der Waals surface area contributed by atoms with Gasteiger partial charge in [-0.15, -0.1) is 0 Å². The average molecular weight is 372 g/mol. The zero-order valence-corrected chi connectivity index (χ0v) is 15.7. The van der Waals surface area contributed by atoms with E-state index >= 15 is 0 Å². The van der Waals surface area contributed by atoms with Crippen molar-refractivity contribution in [2.45, 2.75) is 70.1 Å². The Labute approximate surface area is 156 Å². The van der Waals surface area contributed by atoms with Crippen molar-refractivity contribution in [3.05, 3.63) is 38.2 Å². The van der Waals surface area contributed by atoms with E-state index in [4.69, 9.17) is 9.72 Å². The van der Waals surface area contributed by atoms with Gasteiger partial charge in [0.15, 0.2) is 5.13 Å². The van der Waals surface area contributed by atoms with E-state index < -0.39 is 0 Å². The zero-order chi connectivity index (χ0) is 17.5. The average Bonchev–Trinajstić information content (AvgIpc) is 3.27. The number of hydrogen-bond donors (Lipinski definition) is 1. The summed E-state index contributed by atoms with van der Waals surface area (Å²) in [6.07, 6.45) is 8.18. The Bertz CT molecular complexity index is 843. The molecule has 2 aromatic heterocycles. The highest BCUT2D eigenvalue weighted by atomic mass is 32.1. The van der Waals surface area contributed by atoms with Crippen molar-refractivity contribution >= 4 is 16.5 Å². The molecule has 1 fully saturated rings. The highest BCUT2D eigenvalue weighted by Gasteiger charge is 2.26. The number of anilines is 1. The van der Waals surface area contributed by atoms with Gasteiger partial charge in [-0.2, -0.15) is 5.10 Å². The lowest BCUT2D eigenvalue weighted by Gasteiger charge is -2.29. The molecule has 3 heterocycles. The summed E-state index contributed by atoms with van der Waals surface area (Å²) in [6, 6.07) is 2.50. The zero-order valence-electron chi connectivity index (χ0n) is 14.9. The third-order valence-electron chi connectivity index (χ3n) is 5.85. The molecule has 1 N–H and O–H groups in total. The summed E-state index contributed by atoms with van der Waals surface area (Å²) < 4.78 is 7.27. The highest BCUT2D eigenvalue weighted by molar-refractivity contribution is 7.15. The van der Waals surface area contributed by atoms with E-state index in [2.05, 4.69) is 10.4 Å². The van der Waals surface area contributed by atoms with Gasteiger partial charge < -0.3 is 10.1 Å². The molecular weight excluding hydrogens is 348 g/mol. The third kappa shape index (κ3) is 3.07. The maximum Gasteiger partial charge on any atom is 0.267 e. The molecule has 26 heavy (non-hydrogen) atoms. The van der Waals surface area contributed by atoms with Crippen LogP contribution in [0.3, 0.4) is 0 Å². The molecule has 1 saturated carbocycles. The Balaban J connectivity index is 1.24. The van der Waals surface area contributed by atoms with E-state index in [1.54, 1.807) is 16.0 Å². The number of aryl methyl sites for hydroxylation is 2. The number of nitrogens with one attached hydrogen (secondary N) is 1. The van der Waals surface area contributed by atoms with Gasteiger partial charge in [0.05, 0.1) is 35.5 Å². The van der Waals surface area contributed by atoms with Crippen LogP contribution in [0.4, 0.5) is 5.13 Å². The fourth-order valence-corrected chi connectivity index (χ4v) is 5.43. The standard InChI is InChI=1S/C19H24N4O2S/c24-18-10-12-2-1-3-15(12)22-23(18)14-6-4-13(5-7-14)20-19-21-16-8-9-25-11-17(16)26-19/h10,13-14H,1-9,11H2,(H,20,21). The number of ether oxygens (including phenoxy) is 1. The van der Waals surface area contributed by atoms with Crippen molar-refractivity contribution < 1.29 is 4.74 Å². The first kappa shape index (κ1) is 16.4. The summed E-state index contributed by atoms with van der Waals surface area (Å²) in [6.45, 7) is 1.48. The van der Waals surface area contributed by atoms with Gasteiger partial charge >= 0.3 is 0 Å². The summed E-state index contributed by atoms with van der Waals surface area (Å²) in [7, 11) is 0. The Morgan fingerprint density at radius 3 is 2.88 bits per heavy atom. The summed E-state index contributed by atoms with van der Waals surface area (Å²) in [4.78, 5) is 18.4. The van der Waals surface area contributed by atoms with Gasteiger partial charge in [-0.1, -0.05) is 11.3 Å². The second kappa shape index (κ2) is 6.78. The lowest BCUT2D eigenvalue weighted by Crippen LogP contribution is -2.33. The molecule has 0 atom stereocenters. The van der Waals surface area contributed by atoms with Gasteiger partial charge in [0.1, 0.15) is 0 Å². The lowest BCUT2D eigenvalue weighted by atomic mass is 9.91. The molecule has 0 spiro atoms. The molecule has 6 nitrogen and oxygen atoms in total. The minimum Gasteiger partial charge on any atom is -0.375 e. The second-order valence-corrected chi connectivity index (χ2v) is 8.68. The van der Waals surface area contributed by atoms with Crippen LogP contribution < -0.4 is 10.9 Å². The van der Waals surface area contributed by atoms with Gasteiger partial charge in [0, 0.05) is 18.5 Å². The van der Waals surface area contributed by atoms with Gasteiger partial charge in [-0.25, -0.2) is 9.67 Å². The number of fused-ring (bicyclic) bond motifs is 2. The van der Waals surface area contributed by atoms with E-state index in [9.17, 15) is 4.79 Å². The first-order chi connectivity index (χ1) is 12.8. The molecule has 1 aliphatic heterocycles. The number of nitrogens with zero attached hydrogens (tertiary/aromatic N) is 3. The molecule has 5 rings (SSSR count). The molecule has 0 radical (unpaired) electrons. The van der Waals surface area contributed by atoms with Gasteiger partial charge in [-0.05, 0) is 50.5 Å². The molecule has 138 valence electrons. The van der Waals surface area contributed by atoms with Crippen LogP contribution in [0.2, 0.25) is 0 Å². The Morgan fingerprint density at radius 2 is 2.04 bits per heavy atom. The quantitative estimate of drug-likeness (QED) is 0.897. The van der Waals surface area contributed by atoms with Crippen LogP contribution >= 0.6 is 11.3 Å². The van der Waals surface area contributed by atoms with Crippen molar-refractivity contribution in [3.63, 3.8) is 0 Å². The molecule has 0 amide bonds. The monoisotopic (exact) mass is 372 g/mol. The van der Waals surface area contributed by atoms with E-state index in [1.807, 2.05) is 6.07 Å². The first-order valence-corrected chi connectivity index (χ1v) is 10.5. The predicted octanol–water partition coefficient (Wildman–Crippen LogP) is 2.86.